The number of hydrogen-bond donors (Lipinski definition) is 6. The Morgan fingerprint density at radius 1 is 0.648 bits per heavy atom. The van der Waals surface area contributed by atoms with Crippen molar-refractivity contribution >= 4 is 64.6 Å². The fourth-order valence-corrected chi connectivity index (χ4v) is 7.81. The Labute approximate surface area is 429 Å². The molecule has 0 saturated carbocycles. The van der Waals surface area contributed by atoms with Gasteiger partial charge in [-0.2, -0.15) is 5.26 Å². The van der Waals surface area contributed by atoms with Gasteiger partial charge in [0.15, 0.2) is 0 Å². The number of rotatable bonds is 24. The van der Waals surface area contributed by atoms with Crippen molar-refractivity contribution in [2.45, 2.75) is 64.4 Å². The van der Waals surface area contributed by atoms with Crippen LogP contribution in [0, 0.1) is 11.3 Å². The number of nitriles is 1. The summed E-state index contributed by atoms with van der Waals surface area (Å²) in [5.41, 5.74) is 2.51. The van der Waals surface area contributed by atoms with Crippen LogP contribution in [0.3, 0.4) is 0 Å². The van der Waals surface area contributed by atoms with Crippen molar-refractivity contribution in [3.63, 3.8) is 0 Å². The maximum Gasteiger partial charge on any atom is 0.326 e. The summed E-state index contributed by atoms with van der Waals surface area (Å²) >= 11 is 27.7. The minimum atomic E-state index is -1.66. The van der Waals surface area contributed by atoms with Gasteiger partial charge in [-0.3, -0.25) is 35.2 Å². The highest BCUT2D eigenvalue weighted by molar-refractivity contribution is 6.37. The highest BCUT2D eigenvalue weighted by Crippen LogP contribution is 2.40. The number of carboxylic acid groups (broad SMARTS) is 2. The second-order valence-electron chi connectivity index (χ2n) is 16.5. The molecule has 6 rings (SSSR count). The van der Waals surface area contributed by atoms with Crippen molar-refractivity contribution < 1.29 is 49.0 Å². The van der Waals surface area contributed by atoms with Crippen molar-refractivity contribution in [2.75, 3.05) is 20.3 Å². The Balaban J connectivity index is 1.22. The third-order valence-electron chi connectivity index (χ3n) is 11.2. The number of pyridine rings is 2. The fourth-order valence-electron chi connectivity index (χ4n) is 6.76. The highest BCUT2D eigenvalue weighted by atomic mass is 35.5. The summed E-state index contributed by atoms with van der Waals surface area (Å²) in [7, 11) is 1.65. The molecule has 2 atom stereocenters. The maximum absolute atomic E-state index is 11.9. The van der Waals surface area contributed by atoms with Crippen LogP contribution in [0.1, 0.15) is 58.4 Å². The zero-order valence-corrected chi connectivity index (χ0v) is 41.5. The molecule has 16 nitrogen and oxygen atoms in total. The van der Waals surface area contributed by atoms with Crippen molar-refractivity contribution in [3.8, 4) is 40.2 Å². The number of aromatic nitrogens is 2. The monoisotopic (exact) mass is 1040 g/mol. The van der Waals surface area contributed by atoms with Crippen LogP contribution in [0.5, 0.6) is 23.0 Å². The molecule has 0 saturated heterocycles. The lowest BCUT2D eigenvalue weighted by Gasteiger charge is -2.25. The Kier molecular flexibility index (Phi) is 18.6. The van der Waals surface area contributed by atoms with E-state index in [1.54, 1.807) is 86.5 Å². The first-order valence-corrected chi connectivity index (χ1v) is 23.1. The summed E-state index contributed by atoms with van der Waals surface area (Å²) < 4.78 is 24.9. The lowest BCUT2D eigenvalue weighted by Crippen LogP contribution is -2.52. The van der Waals surface area contributed by atoms with E-state index in [0.29, 0.717) is 60.3 Å². The molecule has 0 aliphatic carbocycles. The molecular weight excluding hydrogens is 998 g/mol. The molecule has 0 radical (unpaired) electrons. The van der Waals surface area contributed by atoms with Crippen LogP contribution >= 0.6 is 46.4 Å². The Morgan fingerprint density at radius 3 is 1.54 bits per heavy atom. The molecule has 71 heavy (non-hydrogen) atoms. The van der Waals surface area contributed by atoms with E-state index >= 15 is 0 Å². The molecule has 2 aromatic heterocycles. The topological polar surface area (TPSA) is 238 Å². The molecule has 4 aromatic carbocycles. The minimum Gasteiger partial charge on any atom is -0.488 e. The number of halogens is 4. The van der Waals surface area contributed by atoms with E-state index in [4.69, 9.17) is 65.4 Å². The number of ether oxygens (including phenoxy) is 4. The molecule has 0 aliphatic rings. The van der Waals surface area contributed by atoms with Gasteiger partial charge in [0.05, 0.1) is 38.9 Å². The van der Waals surface area contributed by atoms with Gasteiger partial charge >= 0.3 is 11.9 Å². The molecule has 0 bridgehead atoms. The Morgan fingerprint density at radius 2 is 1.10 bits per heavy atom. The zero-order chi connectivity index (χ0) is 51.3. The molecule has 6 N–H and O–H groups in total. The number of nitrogens with zero attached hydrogens (tertiary/aromatic N) is 4. The number of carbonyl (C=O) groups is 2. The van der Waals surface area contributed by atoms with E-state index in [2.05, 4.69) is 25.6 Å². The average Bonchev–Trinajstić information content (AvgIpc) is 3.36. The molecule has 0 spiro atoms. The molecule has 0 fully saturated rings. The first kappa shape index (κ1) is 53.8. The molecule has 2 heterocycles. The lowest BCUT2D eigenvalue weighted by molar-refractivity contribution is -0.146. The molecule has 0 amide bonds. The maximum atomic E-state index is 11.9. The predicted octanol–water partition coefficient (Wildman–Crippen LogP) is 8.84. The number of aliphatic hydroxyl groups is 2. The van der Waals surface area contributed by atoms with E-state index in [1.165, 1.54) is 20.0 Å². The number of benzene rings is 4. The van der Waals surface area contributed by atoms with E-state index in [-0.39, 0.29) is 66.8 Å². The zero-order valence-electron chi connectivity index (χ0n) is 38.5. The van der Waals surface area contributed by atoms with Crippen molar-refractivity contribution in [2.24, 2.45) is 4.99 Å². The van der Waals surface area contributed by atoms with Crippen LogP contribution in [-0.4, -0.2) is 79.9 Å². The standard InChI is InChI=1S/C51H48Cl4N6O10/c1-50(28-62,48(64)65)60-22-36-12-40(52)44(14-42(36)68-24-32-10-30(16-56)18-58-20-32)70-26-34-6-4-8-38(46(34)54)39-9-5-7-35(47(39)55)27-71-45-15-43(69-25-33-11-31(17-57-3)19-59-21-33)37(13-41(45)53)23-61-51(2,29-63)49(66)67/h4-15,17-21,60-63H,22-29H2,1-3H3,(H,64,65)(H,66,67)/b57-17+. The predicted molar refractivity (Wildman–Crippen MR) is 269 cm³/mol. The number of aliphatic hydroxyl groups excluding tert-OH is 2. The molecule has 6 aromatic rings. The molecular formula is C51H48Cl4N6O10. The number of aliphatic imine (C=N–C) groups is 1. The highest BCUT2D eigenvalue weighted by Gasteiger charge is 2.33. The third-order valence-corrected chi connectivity index (χ3v) is 12.6. The largest absolute Gasteiger partial charge is 0.488 e. The van der Waals surface area contributed by atoms with E-state index in [9.17, 15) is 35.3 Å². The second kappa shape index (κ2) is 24.5. The van der Waals surface area contributed by atoms with E-state index in [1.807, 2.05) is 24.3 Å². The van der Waals surface area contributed by atoms with Crippen molar-refractivity contribution in [3.05, 3.63) is 162 Å². The van der Waals surface area contributed by atoms with Gasteiger partial charge in [0.2, 0.25) is 0 Å². The van der Waals surface area contributed by atoms with E-state index in [0.717, 1.165) is 11.1 Å². The summed E-state index contributed by atoms with van der Waals surface area (Å²) in [6, 6.07) is 22.7. The normalized spacial score (nSPS) is 13.0. The summed E-state index contributed by atoms with van der Waals surface area (Å²) in [5, 5.41) is 55.3. The van der Waals surface area contributed by atoms with Gasteiger partial charge in [-0.25, -0.2) is 0 Å². The third kappa shape index (κ3) is 13.7. The van der Waals surface area contributed by atoms with Gasteiger partial charge < -0.3 is 39.4 Å². The first-order valence-electron chi connectivity index (χ1n) is 21.6. The summed E-state index contributed by atoms with van der Waals surface area (Å²) in [6.45, 7) is 1.31. The van der Waals surface area contributed by atoms with Crippen molar-refractivity contribution in [1.82, 2.24) is 20.6 Å². The fraction of sp³-hybridized carbons (Fsp3) is 0.255. The molecule has 20 heteroatoms. The number of nitrogens with one attached hydrogen (secondary N) is 2. The van der Waals surface area contributed by atoms with Gasteiger partial charge in [-0.05, 0) is 38.1 Å². The number of hydrogen-bond acceptors (Lipinski definition) is 14. The SMILES string of the molecule is C/N=C/c1cncc(COc2cc(OCc3cccc(-c4cccc(COc5cc(OCc6cncc(C#N)c6)c(CNC(C)(CO)C(=O)O)cc5Cl)c4Cl)c3Cl)c(Cl)cc2CNC(C)(CO)C(=O)O)c1. The van der Waals surface area contributed by atoms with Crippen LogP contribution < -0.4 is 29.6 Å². The molecule has 0 aliphatic heterocycles. The summed E-state index contributed by atoms with van der Waals surface area (Å²) in [6.07, 6.45) is 7.95. The smallest absolute Gasteiger partial charge is 0.326 e. The van der Waals surface area contributed by atoms with Gasteiger partial charge in [-0.15, -0.1) is 0 Å². The Hall–Kier alpha value is -6.52. The summed E-state index contributed by atoms with van der Waals surface area (Å²) in [5.74, 6) is -1.39. The quantitative estimate of drug-likeness (QED) is 0.0311. The van der Waals surface area contributed by atoms with Crippen LogP contribution in [0.15, 0.2) is 103 Å². The van der Waals surface area contributed by atoms with E-state index < -0.39 is 36.2 Å². The number of aliphatic carboxylic acids is 2. The lowest BCUT2D eigenvalue weighted by atomic mass is 10.0. The van der Waals surface area contributed by atoms with Gasteiger partial charge in [0, 0.05) is 113 Å². The van der Waals surface area contributed by atoms with Crippen LogP contribution in [-0.2, 0) is 49.1 Å². The van der Waals surface area contributed by atoms with Crippen molar-refractivity contribution in [1.29, 1.82) is 5.26 Å². The Bertz CT molecular complexity index is 2970. The number of carboxylic acids is 2. The van der Waals surface area contributed by atoms with Crippen LogP contribution in [0.2, 0.25) is 20.1 Å². The first-order chi connectivity index (χ1) is 34.0. The van der Waals surface area contributed by atoms with Gasteiger partial charge in [-0.1, -0.05) is 82.8 Å². The molecule has 370 valence electrons. The average molecular weight is 1050 g/mol. The molecule has 2 unspecified atom stereocenters. The second-order valence-corrected chi connectivity index (χ2v) is 18.1. The van der Waals surface area contributed by atoms with Gasteiger partial charge in [0.1, 0.15) is 66.6 Å². The van der Waals surface area contributed by atoms with Crippen LogP contribution in [0.25, 0.3) is 11.1 Å². The van der Waals surface area contributed by atoms with Crippen LogP contribution in [0.4, 0.5) is 0 Å². The van der Waals surface area contributed by atoms with Gasteiger partial charge in [0.25, 0.3) is 0 Å². The minimum absolute atomic E-state index is 0.00331. The summed E-state index contributed by atoms with van der Waals surface area (Å²) in [4.78, 5) is 36.2.